The second-order valence-corrected chi connectivity index (χ2v) is 11.1. The van der Waals surface area contributed by atoms with Gasteiger partial charge >= 0.3 is 12.2 Å². The van der Waals surface area contributed by atoms with Gasteiger partial charge in [-0.25, -0.2) is 4.79 Å². The number of hydrogen-bond donors (Lipinski definition) is 3. The van der Waals surface area contributed by atoms with E-state index in [0.717, 1.165) is 12.1 Å². The van der Waals surface area contributed by atoms with Gasteiger partial charge in [-0.15, -0.1) is 0 Å². The lowest BCUT2D eigenvalue weighted by Crippen LogP contribution is -2.50. The van der Waals surface area contributed by atoms with Crippen molar-refractivity contribution in [2.75, 3.05) is 50.6 Å². The number of likely N-dealkylation sites (N-methyl/N-ethyl adjacent to an activating group) is 1. The number of halogens is 3. The number of alkyl halides is 3. The maximum atomic E-state index is 13.7. The molecule has 0 saturated carbocycles. The third-order valence-corrected chi connectivity index (χ3v) is 7.81. The minimum Gasteiger partial charge on any atom is -0.485 e. The molecule has 0 unspecified atom stereocenters. The first kappa shape index (κ1) is 32.1. The summed E-state index contributed by atoms with van der Waals surface area (Å²) in [5.74, 6) is -0.997. The number of nitrogens with one attached hydrogen (secondary N) is 2. The number of amides is 4. The zero-order chi connectivity index (χ0) is 31.3. The molecular weight excluding hydrogens is 569 g/mol. The van der Waals surface area contributed by atoms with Crippen molar-refractivity contribution in [3.8, 4) is 5.75 Å². The maximum Gasteiger partial charge on any atom is 0.416 e. The first-order valence-electron chi connectivity index (χ1n) is 14.2. The first-order valence-corrected chi connectivity index (χ1v) is 14.2. The van der Waals surface area contributed by atoms with E-state index in [9.17, 15) is 32.7 Å². The molecule has 2 aliphatic heterocycles. The van der Waals surface area contributed by atoms with Crippen molar-refractivity contribution < 1.29 is 42.1 Å². The highest BCUT2D eigenvalue weighted by Crippen LogP contribution is 2.36. The van der Waals surface area contributed by atoms with Gasteiger partial charge in [0.25, 0.3) is 5.91 Å². The van der Waals surface area contributed by atoms with Gasteiger partial charge in [0.2, 0.25) is 5.91 Å². The molecule has 0 spiro atoms. The Kier molecular flexibility index (Phi) is 10.2. The van der Waals surface area contributed by atoms with Crippen LogP contribution in [-0.2, 0) is 15.7 Å². The van der Waals surface area contributed by atoms with E-state index in [1.807, 2.05) is 6.92 Å². The van der Waals surface area contributed by atoms with Crippen LogP contribution in [0.5, 0.6) is 5.75 Å². The molecule has 2 aliphatic rings. The Morgan fingerprint density at radius 3 is 2.42 bits per heavy atom. The number of anilines is 2. The molecule has 3 N–H and O–H groups in total. The van der Waals surface area contributed by atoms with Crippen LogP contribution in [0.15, 0.2) is 42.5 Å². The molecule has 10 nitrogen and oxygen atoms in total. The van der Waals surface area contributed by atoms with Gasteiger partial charge in [0.05, 0.1) is 36.0 Å². The molecule has 2 heterocycles. The Labute approximate surface area is 248 Å². The van der Waals surface area contributed by atoms with Crippen molar-refractivity contribution in [2.45, 2.75) is 45.0 Å². The molecule has 13 heteroatoms. The summed E-state index contributed by atoms with van der Waals surface area (Å²) in [4.78, 5) is 42.6. The average Bonchev–Trinajstić information content (AvgIpc) is 2.99. The maximum absolute atomic E-state index is 13.7. The predicted octanol–water partition coefficient (Wildman–Crippen LogP) is 4.45. The zero-order valence-corrected chi connectivity index (χ0v) is 24.3. The molecular formula is C30H37F3N4O6. The lowest BCUT2D eigenvalue weighted by Gasteiger charge is -2.38. The number of carbonyl (C=O) groups is 3. The Balaban J connectivity index is 1.58. The molecule has 3 atom stereocenters. The number of nitrogens with zero attached hydrogens (tertiary/aromatic N) is 2. The smallest absolute Gasteiger partial charge is 0.416 e. The number of rotatable bonds is 7. The van der Waals surface area contributed by atoms with Crippen LogP contribution in [0, 0.1) is 11.8 Å². The fourth-order valence-electron chi connectivity index (χ4n) is 5.07. The van der Waals surface area contributed by atoms with E-state index >= 15 is 0 Å². The van der Waals surface area contributed by atoms with E-state index in [4.69, 9.17) is 9.47 Å². The van der Waals surface area contributed by atoms with E-state index in [2.05, 4.69) is 10.6 Å². The molecule has 2 aromatic rings. The fraction of sp³-hybridized carbons (Fsp3) is 0.500. The molecule has 0 aliphatic carbocycles. The van der Waals surface area contributed by atoms with Gasteiger partial charge < -0.3 is 35.0 Å². The molecule has 0 bridgehead atoms. The summed E-state index contributed by atoms with van der Waals surface area (Å²) in [5.41, 5.74) is -0.118. The van der Waals surface area contributed by atoms with E-state index in [1.165, 1.54) is 24.1 Å². The van der Waals surface area contributed by atoms with Gasteiger partial charge in [-0.05, 0) is 56.2 Å². The third-order valence-electron chi connectivity index (χ3n) is 7.81. The highest BCUT2D eigenvalue weighted by Gasteiger charge is 2.36. The monoisotopic (exact) mass is 606 g/mol. The minimum atomic E-state index is -4.49. The van der Waals surface area contributed by atoms with Gasteiger partial charge in [-0.3, -0.25) is 9.59 Å². The van der Waals surface area contributed by atoms with Crippen molar-refractivity contribution in [2.24, 2.45) is 11.8 Å². The summed E-state index contributed by atoms with van der Waals surface area (Å²) in [6.07, 6.45) is -4.01. The second kappa shape index (κ2) is 13.6. The highest BCUT2D eigenvalue weighted by molar-refractivity contribution is 6.02. The number of aliphatic hydroxyl groups is 1. The Morgan fingerprint density at radius 1 is 1.12 bits per heavy atom. The standard InChI is InChI=1S/C30H37F3N4O6/c1-18-15-37(19(2)17-38)28(40)23-5-4-6-24(35-27(39)20-11-13-42-14-12-20)26(23)43-25(18)16-36(3)29(41)34-22-9-7-21(8-10-22)30(31,32)33/h4-10,18-20,25,38H,11-17H2,1-3H3,(H,34,41)(H,35,39)/t18-,19+,25-/m1/s1. The number of ether oxygens (including phenoxy) is 2. The first-order chi connectivity index (χ1) is 20.4. The SMILES string of the molecule is C[C@@H]1CN([C@@H](C)CO)C(=O)c2cccc(NC(=O)C3CCOCC3)c2O[C@@H]1CN(C)C(=O)Nc1ccc(C(F)(F)F)cc1. The van der Waals surface area contributed by atoms with Crippen LogP contribution >= 0.6 is 0 Å². The summed E-state index contributed by atoms with van der Waals surface area (Å²) < 4.78 is 50.5. The van der Waals surface area contributed by atoms with Crippen LogP contribution < -0.4 is 15.4 Å². The Bertz CT molecular complexity index is 1300. The number of aliphatic hydroxyl groups excluding tert-OH is 1. The van der Waals surface area contributed by atoms with Crippen LogP contribution in [0.2, 0.25) is 0 Å². The second-order valence-electron chi connectivity index (χ2n) is 11.1. The lowest BCUT2D eigenvalue weighted by molar-refractivity contribution is -0.137. The van der Waals surface area contributed by atoms with Gasteiger partial charge in [0, 0.05) is 44.3 Å². The average molecular weight is 607 g/mol. The van der Waals surface area contributed by atoms with E-state index in [0.29, 0.717) is 31.7 Å². The summed E-state index contributed by atoms with van der Waals surface area (Å²) >= 11 is 0. The normalized spacial score (nSPS) is 20.3. The Morgan fingerprint density at radius 2 is 1.79 bits per heavy atom. The topological polar surface area (TPSA) is 120 Å². The summed E-state index contributed by atoms with van der Waals surface area (Å²) in [6.45, 7) is 4.54. The fourth-order valence-corrected chi connectivity index (χ4v) is 5.07. The zero-order valence-electron chi connectivity index (χ0n) is 24.3. The van der Waals surface area contributed by atoms with Crippen LogP contribution in [0.25, 0.3) is 0 Å². The van der Waals surface area contributed by atoms with Gasteiger partial charge in [-0.1, -0.05) is 13.0 Å². The highest BCUT2D eigenvalue weighted by atomic mass is 19.4. The molecule has 234 valence electrons. The predicted molar refractivity (Wildman–Crippen MR) is 153 cm³/mol. The third kappa shape index (κ3) is 7.77. The van der Waals surface area contributed by atoms with Crippen LogP contribution in [0.4, 0.5) is 29.3 Å². The van der Waals surface area contributed by atoms with Gasteiger partial charge in [0.1, 0.15) is 6.10 Å². The Hall–Kier alpha value is -3.84. The van der Waals surface area contributed by atoms with Gasteiger partial charge in [0.15, 0.2) is 5.75 Å². The number of para-hydroxylation sites is 1. The number of benzene rings is 2. The summed E-state index contributed by atoms with van der Waals surface area (Å²) in [6, 6.07) is 7.91. The molecule has 4 amide bonds. The molecule has 4 rings (SSSR count). The van der Waals surface area contributed by atoms with Crippen molar-refractivity contribution in [3.05, 3.63) is 53.6 Å². The molecule has 43 heavy (non-hydrogen) atoms. The summed E-state index contributed by atoms with van der Waals surface area (Å²) in [5, 5.41) is 15.4. The van der Waals surface area contributed by atoms with Gasteiger partial charge in [-0.2, -0.15) is 13.2 Å². The van der Waals surface area contributed by atoms with Crippen molar-refractivity contribution in [1.29, 1.82) is 0 Å². The molecule has 2 aromatic carbocycles. The van der Waals surface area contributed by atoms with E-state index < -0.39 is 29.9 Å². The lowest BCUT2D eigenvalue weighted by atomic mass is 9.98. The van der Waals surface area contributed by atoms with E-state index in [1.54, 1.807) is 30.0 Å². The van der Waals surface area contributed by atoms with Crippen LogP contribution in [0.1, 0.15) is 42.6 Å². The minimum absolute atomic E-state index is 0.0465. The number of hydrogen-bond acceptors (Lipinski definition) is 6. The molecule has 1 saturated heterocycles. The number of carbonyl (C=O) groups excluding carboxylic acids is 3. The largest absolute Gasteiger partial charge is 0.485 e. The molecule has 1 fully saturated rings. The molecule has 0 radical (unpaired) electrons. The van der Waals surface area contributed by atoms with Crippen molar-refractivity contribution in [1.82, 2.24) is 9.80 Å². The van der Waals surface area contributed by atoms with Crippen LogP contribution in [0.3, 0.4) is 0 Å². The molecule has 0 aromatic heterocycles. The quantitative estimate of drug-likeness (QED) is 0.428. The number of fused-ring (bicyclic) bond motifs is 1. The van der Waals surface area contributed by atoms with Crippen LogP contribution in [-0.4, -0.2) is 84.9 Å². The van der Waals surface area contributed by atoms with Crippen molar-refractivity contribution in [3.63, 3.8) is 0 Å². The van der Waals surface area contributed by atoms with E-state index in [-0.39, 0.29) is 60.3 Å². The van der Waals surface area contributed by atoms with Crippen molar-refractivity contribution >= 4 is 29.2 Å². The number of urea groups is 1. The summed E-state index contributed by atoms with van der Waals surface area (Å²) in [7, 11) is 1.52.